The van der Waals surface area contributed by atoms with E-state index < -0.39 is 0 Å². The largest absolute Gasteiger partial charge is 0.367 e. The lowest BCUT2D eigenvalue weighted by Crippen LogP contribution is -2.19. The molecule has 0 fully saturated rings. The lowest BCUT2D eigenvalue weighted by atomic mass is 10.1. The Morgan fingerprint density at radius 1 is 1.06 bits per heavy atom. The molecule has 1 aliphatic rings. The van der Waals surface area contributed by atoms with Gasteiger partial charge in [-0.2, -0.15) is 0 Å². The summed E-state index contributed by atoms with van der Waals surface area (Å²) >= 11 is 0. The Balaban J connectivity index is 1.84. The third-order valence-electron chi connectivity index (χ3n) is 3.44. The van der Waals surface area contributed by atoms with Crippen molar-refractivity contribution in [2.75, 3.05) is 11.4 Å². The Morgan fingerprint density at radius 2 is 1.94 bits per heavy atom. The highest BCUT2D eigenvalue weighted by Crippen LogP contribution is 2.28. The third-order valence-corrected chi connectivity index (χ3v) is 3.44. The maximum atomic E-state index is 2.48. The number of hydrogen-bond acceptors (Lipinski definition) is 1. The Kier molecular flexibility index (Phi) is 2.60. The summed E-state index contributed by atoms with van der Waals surface area (Å²) in [6.07, 6.45) is 1.18. The lowest BCUT2D eigenvalue weighted by Gasteiger charge is -2.19. The van der Waals surface area contributed by atoms with Gasteiger partial charge >= 0.3 is 0 Å². The number of hydrogen-bond donors (Lipinski definition) is 0. The number of aryl methyl sites for hydroxylation is 1. The molecule has 0 unspecified atom stereocenters. The van der Waals surface area contributed by atoms with Gasteiger partial charge in [0.25, 0.3) is 0 Å². The number of anilines is 1. The van der Waals surface area contributed by atoms with Crippen LogP contribution in [-0.2, 0) is 13.0 Å². The molecular formula is C16H17N. The summed E-state index contributed by atoms with van der Waals surface area (Å²) in [5.41, 5.74) is 5.64. The average molecular weight is 223 g/mol. The van der Waals surface area contributed by atoms with Gasteiger partial charge in [0, 0.05) is 18.8 Å². The van der Waals surface area contributed by atoms with Gasteiger partial charge in [-0.15, -0.1) is 0 Å². The summed E-state index contributed by atoms with van der Waals surface area (Å²) in [5.74, 6) is 0. The summed E-state index contributed by atoms with van der Waals surface area (Å²) in [6.45, 7) is 4.33. The molecule has 1 heterocycles. The van der Waals surface area contributed by atoms with Gasteiger partial charge in [0.15, 0.2) is 0 Å². The van der Waals surface area contributed by atoms with Crippen LogP contribution < -0.4 is 4.90 Å². The van der Waals surface area contributed by atoms with Crippen molar-refractivity contribution >= 4 is 5.69 Å². The molecule has 86 valence electrons. The highest BCUT2D eigenvalue weighted by Gasteiger charge is 2.17. The van der Waals surface area contributed by atoms with E-state index in [1.54, 1.807) is 0 Å². The van der Waals surface area contributed by atoms with Crippen LogP contribution in [0.25, 0.3) is 0 Å². The van der Waals surface area contributed by atoms with E-state index >= 15 is 0 Å². The predicted molar refractivity (Wildman–Crippen MR) is 72.4 cm³/mol. The standard InChI is InChI=1S/C16H17N/c1-13-5-4-6-14(11-13)12-17-10-9-15-7-2-3-8-16(15)17/h2-8,11H,9-10,12H2,1H3. The van der Waals surface area contributed by atoms with Crippen molar-refractivity contribution in [3.8, 4) is 0 Å². The molecule has 0 amide bonds. The van der Waals surface area contributed by atoms with Crippen molar-refractivity contribution < 1.29 is 0 Å². The first-order valence-electron chi connectivity index (χ1n) is 6.21. The molecule has 1 aliphatic heterocycles. The summed E-state index contributed by atoms with van der Waals surface area (Å²) in [4.78, 5) is 2.48. The molecule has 3 rings (SSSR count). The molecule has 2 aromatic rings. The van der Waals surface area contributed by atoms with Gasteiger partial charge < -0.3 is 4.90 Å². The molecule has 0 radical (unpaired) electrons. The molecule has 0 bridgehead atoms. The van der Waals surface area contributed by atoms with E-state index in [2.05, 4.69) is 60.4 Å². The van der Waals surface area contributed by atoms with Crippen LogP contribution in [0.4, 0.5) is 5.69 Å². The minimum Gasteiger partial charge on any atom is -0.367 e. The molecule has 0 spiro atoms. The normalized spacial score (nSPS) is 13.8. The lowest BCUT2D eigenvalue weighted by molar-refractivity contribution is 0.835. The number of para-hydroxylation sites is 1. The number of rotatable bonds is 2. The van der Waals surface area contributed by atoms with E-state index in [0.717, 1.165) is 13.1 Å². The van der Waals surface area contributed by atoms with E-state index in [1.165, 1.54) is 28.8 Å². The van der Waals surface area contributed by atoms with Gasteiger partial charge in [0.2, 0.25) is 0 Å². The van der Waals surface area contributed by atoms with Gasteiger partial charge in [-0.1, -0.05) is 48.0 Å². The van der Waals surface area contributed by atoms with Crippen molar-refractivity contribution in [1.29, 1.82) is 0 Å². The van der Waals surface area contributed by atoms with Crippen LogP contribution in [0.5, 0.6) is 0 Å². The zero-order valence-corrected chi connectivity index (χ0v) is 10.2. The van der Waals surface area contributed by atoms with Crippen LogP contribution in [-0.4, -0.2) is 6.54 Å². The summed E-state index contributed by atoms with van der Waals surface area (Å²) in [5, 5.41) is 0. The Labute approximate surface area is 103 Å². The van der Waals surface area contributed by atoms with Crippen LogP contribution in [0.1, 0.15) is 16.7 Å². The highest BCUT2D eigenvalue weighted by atomic mass is 15.1. The fraction of sp³-hybridized carbons (Fsp3) is 0.250. The third kappa shape index (κ3) is 2.05. The van der Waals surface area contributed by atoms with Gasteiger partial charge in [-0.05, 0) is 30.5 Å². The first kappa shape index (κ1) is 10.4. The fourth-order valence-electron chi connectivity index (χ4n) is 2.60. The molecule has 0 atom stereocenters. The second-order valence-electron chi connectivity index (χ2n) is 4.79. The molecule has 0 N–H and O–H groups in total. The van der Waals surface area contributed by atoms with Crippen LogP contribution >= 0.6 is 0 Å². The Bertz CT molecular complexity index is 531. The van der Waals surface area contributed by atoms with E-state index in [9.17, 15) is 0 Å². The van der Waals surface area contributed by atoms with Gasteiger partial charge in [0.05, 0.1) is 0 Å². The zero-order chi connectivity index (χ0) is 11.7. The minimum absolute atomic E-state index is 1.03. The Hall–Kier alpha value is -1.76. The number of benzene rings is 2. The maximum Gasteiger partial charge on any atom is 0.0429 e. The topological polar surface area (TPSA) is 3.24 Å². The zero-order valence-electron chi connectivity index (χ0n) is 10.2. The van der Waals surface area contributed by atoms with Crippen molar-refractivity contribution in [2.45, 2.75) is 19.9 Å². The molecule has 0 saturated heterocycles. The monoisotopic (exact) mass is 223 g/mol. The second kappa shape index (κ2) is 4.25. The fourth-order valence-corrected chi connectivity index (χ4v) is 2.60. The summed E-state index contributed by atoms with van der Waals surface area (Å²) in [7, 11) is 0. The predicted octanol–water partition coefficient (Wildman–Crippen LogP) is 3.56. The van der Waals surface area contributed by atoms with Crippen LogP contribution in [0, 0.1) is 6.92 Å². The van der Waals surface area contributed by atoms with E-state index in [1.807, 2.05) is 0 Å². The molecule has 17 heavy (non-hydrogen) atoms. The molecule has 0 aliphatic carbocycles. The first-order valence-corrected chi connectivity index (χ1v) is 6.21. The molecule has 1 heteroatoms. The molecular weight excluding hydrogens is 206 g/mol. The van der Waals surface area contributed by atoms with Gasteiger partial charge in [0.1, 0.15) is 0 Å². The van der Waals surface area contributed by atoms with E-state index in [0.29, 0.717) is 0 Å². The minimum atomic E-state index is 1.03. The molecule has 2 aromatic carbocycles. The van der Waals surface area contributed by atoms with Crippen LogP contribution in [0.15, 0.2) is 48.5 Å². The van der Waals surface area contributed by atoms with Crippen LogP contribution in [0.2, 0.25) is 0 Å². The SMILES string of the molecule is Cc1cccc(CN2CCc3ccccc32)c1. The highest BCUT2D eigenvalue weighted by molar-refractivity contribution is 5.58. The van der Waals surface area contributed by atoms with Gasteiger partial charge in [-0.3, -0.25) is 0 Å². The van der Waals surface area contributed by atoms with E-state index in [-0.39, 0.29) is 0 Å². The van der Waals surface area contributed by atoms with Crippen molar-refractivity contribution in [1.82, 2.24) is 0 Å². The number of nitrogens with zero attached hydrogens (tertiary/aromatic N) is 1. The second-order valence-corrected chi connectivity index (χ2v) is 4.79. The summed E-state index contributed by atoms with van der Waals surface area (Å²) < 4.78 is 0. The van der Waals surface area contributed by atoms with Crippen LogP contribution in [0.3, 0.4) is 0 Å². The van der Waals surface area contributed by atoms with E-state index in [4.69, 9.17) is 0 Å². The average Bonchev–Trinajstić information content (AvgIpc) is 2.73. The maximum absolute atomic E-state index is 2.48. The quantitative estimate of drug-likeness (QED) is 0.752. The smallest absolute Gasteiger partial charge is 0.0429 e. The molecule has 1 nitrogen and oxygen atoms in total. The number of fused-ring (bicyclic) bond motifs is 1. The van der Waals surface area contributed by atoms with Crippen molar-refractivity contribution in [3.63, 3.8) is 0 Å². The van der Waals surface area contributed by atoms with Crippen molar-refractivity contribution in [3.05, 3.63) is 65.2 Å². The Morgan fingerprint density at radius 3 is 2.82 bits per heavy atom. The molecule has 0 saturated carbocycles. The molecule has 0 aromatic heterocycles. The van der Waals surface area contributed by atoms with Crippen molar-refractivity contribution in [2.24, 2.45) is 0 Å². The summed E-state index contributed by atoms with van der Waals surface area (Å²) in [6, 6.07) is 17.5. The van der Waals surface area contributed by atoms with Gasteiger partial charge in [-0.25, -0.2) is 0 Å². The first-order chi connectivity index (χ1) is 8.33.